The number of likely N-dealkylation sites (N-methyl/N-ethyl adjacent to an activating group) is 1. The molecule has 0 unspecified atom stereocenters. The van der Waals surface area contributed by atoms with Crippen LogP contribution in [0.15, 0.2) is 42.5 Å². The van der Waals surface area contributed by atoms with E-state index in [0.717, 1.165) is 42.7 Å². The maximum atomic E-state index is 12.4. The molecule has 0 bridgehead atoms. The van der Waals surface area contributed by atoms with Crippen LogP contribution in [0.1, 0.15) is 28.8 Å². The Balaban J connectivity index is 0.00000280. The number of rotatable bonds is 6. The van der Waals surface area contributed by atoms with Crippen molar-refractivity contribution in [2.24, 2.45) is 0 Å². The van der Waals surface area contributed by atoms with E-state index in [1.165, 1.54) is 5.56 Å². The van der Waals surface area contributed by atoms with Crippen LogP contribution in [0.2, 0.25) is 10.0 Å². The maximum Gasteiger partial charge on any atom is 0.255 e. The second kappa shape index (κ2) is 10.3. The fourth-order valence-corrected chi connectivity index (χ4v) is 3.73. The molecular formula is C21H25Cl2IN2O2. The van der Waals surface area contributed by atoms with Crippen LogP contribution in [0, 0.1) is 0 Å². The van der Waals surface area contributed by atoms with Crippen LogP contribution in [-0.4, -0.2) is 43.7 Å². The SMILES string of the molecule is C[N+](C)(Cc1ccc(NC(=O)c2ccc(Cl)c(Cl)c2)cc1)C[C@H]1CCCO1.[I-]. The lowest BCUT2D eigenvalue weighted by Gasteiger charge is -2.32. The highest BCUT2D eigenvalue weighted by Gasteiger charge is 2.25. The van der Waals surface area contributed by atoms with Crippen molar-refractivity contribution in [1.82, 2.24) is 0 Å². The first-order chi connectivity index (χ1) is 12.8. The molecule has 28 heavy (non-hydrogen) atoms. The molecular weight excluding hydrogens is 510 g/mol. The van der Waals surface area contributed by atoms with Crippen molar-refractivity contribution in [3.05, 3.63) is 63.6 Å². The van der Waals surface area contributed by atoms with Gasteiger partial charge in [0.2, 0.25) is 0 Å². The molecule has 1 aliphatic heterocycles. The van der Waals surface area contributed by atoms with Crippen LogP contribution in [0.4, 0.5) is 5.69 Å². The average Bonchev–Trinajstić information content (AvgIpc) is 3.11. The number of halogens is 3. The van der Waals surface area contributed by atoms with Gasteiger partial charge >= 0.3 is 0 Å². The Labute approximate surface area is 193 Å². The number of benzene rings is 2. The van der Waals surface area contributed by atoms with Crippen molar-refractivity contribution in [2.75, 3.05) is 32.6 Å². The molecule has 1 N–H and O–H groups in total. The molecule has 2 aromatic carbocycles. The zero-order chi connectivity index (χ0) is 19.4. The van der Waals surface area contributed by atoms with Gasteiger partial charge in [-0.15, -0.1) is 0 Å². The number of nitrogens with zero attached hydrogens (tertiary/aromatic N) is 1. The highest BCUT2D eigenvalue weighted by molar-refractivity contribution is 6.42. The number of carbonyl (C=O) groups is 1. The molecule has 1 heterocycles. The Morgan fingerprint density at radius 3 is 2.46 bits per heavy atom. The molecule has 0 saturated carbocycles. The second-order valence-electron chi connectivity index (χ2n) is 7.69. The number of hydrogen-bond donors (Lipinski definition) is 1. The lowest BCUT2D eigenvalue weighted by atomic mass is 10.1. The lowest BCUT2D eigenvalue weighted by Crippen LogP contribution is -3.00. The number of anilines is 1. The smallest absolute Gasteiger partial charge is 0.255 e. The molecule has 1 saturated heterocycles. The first kappa shape index (κ1) is 23.4. The summed E-state index contributed by atoms with van der Waals surface area (Å²) in [6.07, 6.45) is 2.68. The molecule has 1 atom stereocenters. The van der Waals surface area contributed by atoms with E-state index >= 15 is 0 Å². The van der Waals surface area contributed by atoms with Crippen molar-refractivity contribution in [3.63, 3.8) is 0 Å². The molecule has 152 valence electrons. The number of quaternary nitrogens is 1. The van der Waals surface area contributed by atoms with E-state index in [1.807, 2.05) is 12.1 Å². The third-order valence-electron chi connectivity index (χ3n) is 4.73. The van der Waals surface area contributed by atoms with Crippen molar-refractivity contribution < 1.29 is 38.0 Å². The van der Waals surface area contributed by atoms with Crippen LogP contribution < -0.4 is 29.3 Å². The molecule has 1 aliphatic rings. The highest BCUT2D eigenvalue weighted by Crippen LogP contribution is 2.23. The number of nitrogens with one attached hydrogen (secondary N) is 1. The molecule has 7 heteroatoms. The zero-order valence-electron chi connectivity index (χ0n) is 16.1. The normalized spacial score (nSPS) is 16.5. The molecule has 4 nitrogen and oxygen atoms in total. The average molecular weight is 535 g/mol. The summed E-state index contributed by atoms with van der Waals surface area (Å²) in [5.41, 5.74) is 2.45. The van der Waals surface area contributed by atoms with Gasteiger partial charge in [0.05, 0.1) is 24.1 Å². The number of ether oxygens (including phenoxy) is 1. The Bertz CT molecular complexity index is 807. The summed E-state index contributed by atoms with van der Waals surface area (Å²) in [5, 5.41) is 3.69. The largest absolute Gasteiger partial charge is 1.00 e. The highest BCUT2D eigenvalue weighted by atomic mass is 127. The molecule has 2 aromatic rings. The van der Waals surface area contributed by atoms with E-state index in [0.29, 0.717) is 21.7 Å². The van der Waals surface area contributed by atoms with Crippen LogP contribution >= 0.6 is 23.2 Å². The van der Waals surface area contributed by atoms with E-state index in [2.05, 4.69) is 31.5 Å². The van der Waals surface area contributed by atoms with Gasteiger partial charge in [-0.1, -0.05) is 35.3 Å². The molecule has 1 fully saturated rings. The Hall–Kier alpha value is -0.860. The van der Waals surface area contributed by atoms with Gasteiger partial charge < -0.3 is 38.5 Å². The molecule has 0 radical (unpaired) electrons. The molecule has 1 amide bonds. The van der Waals surface area contributed by atoms with Gasteiger partial charge in [-0.25, -0.2) is 0 Å². The maximum absolute atomic E-state index is 12.4. The van der Waals surface area contributed by atoms with E-state index in [-0.39, 0.29) is 29.9 Å². The van der Waals surface area contributed by atoms with E-state index in [4.69, 9.17) is 27.9 Å². The number of hydrogen-bond acceptors (Lipinski definition) is 2. The van der Waals surface area contributed by atoms with Crippen molar-refractivity contribution in [3.8, 4) is 0 Å². The third kappa shape index (κ3) is 6.59. The minimum Gasteiger partial charge on any atom is -1.00 e. The van der Waals surface area contributed by atoms with Crippen molar-refractivity contribution >= 4 is 34.8 Å². The van der Waals surface area contributed by atoms with Gasteiger partial charge in [-0.3, -0.25) is 4.79 Å². The van der Waals surface area contributed by atoms with Crippen LogP contribution in [0.3, 0.4) is 0 Å². The minimum absolute atomic E-state index is 0. The predicted molar refractivity (Wildman–Crippen MR) is 111 cm³/mol. The van der Waals surface area contributed by atoms with Gasteiger partial charge in [0.25, 0.3) is 5.91 Å². The monoisotopic (exact) mass is 534 g/mol. The standard InChI is InChI=1S/C21H24Cl2N2O2.HI/c1-25(2,14-18-4-3-11-27-18)13-15-5-8-17(9-6-15)24-21(26)16-7-10-19(22)20(23)12-16;/h5-10,12,18H,3-4,11,13-14H2,1-2H3;1H/t18-;/m1./s1. The summed E-state index contributed by atoms with van der Waals surface area (Å²) in [6.45, 7) is 2.81. The Morgan fingerprint density at radius 1 is 1.14 bits per heavy atom. The summed E-state index contributed by atoms with van der Waals surface area (Å²) >= 11 is 11.9. The van der Waals surface area contributed by atoms with Crippen LogP contribution in [0.5, 0.6) is 0 Å². The minimum atomic E-state index is -0.212. The molecule has 0 aliphatic carbocycles. The van der Waals surface area contributed by atoms with Crippen LogP contribution in [0.25, 0.3) is 0 Å². The van der Waals surface area contributed by atoms with E-state index in [9.17, 15) is 4.79 Å². The van der Waals surface area contributed by atoms with Gasteiger partial charge in [-0.05, 0) is 43.2 Å². The molecule has 0 spiro atoms. The molecule has 0 aromatic heterocycles. The van der Waals surface area contributed by atoms with Crippen LogP contribution in [-0.2, 0) is 11.3 Å². The fourth-order valence-electron chi connectivity index (χ4n) is 3.43. The first-order valence-corrected chi connectivity index (χ1v) is 9.87. The van der Waals surface area contributed by atoms with Crippen molar-refractivity contribution in [1.29, 1.82) is 0 Å². The van der Waals surface area contributed by atoms with Gasteiger partial charge in [0, 0.05) is 23.4 Å². The van der Waals surface area contributed by atoms with Gasteiger partial charge in [-0.2, -0.15) is 0 Å². The predicted octanol–water partition coefficient (Wildman–Crippen LogP) is 2.01. The molecule has 3 rings (SSSR count). The Morgan fingerprint density at radius 2 is 1.86 bits per heavy atom. The summed E-state index contributed by atoms with van der Waals surface area (Å²) in [5.74, 6) is -0.212. The number of amides is 1. The summed E-state index contributed by atoms with van der Waals surface area (Å²) in [4.78, 5) is 12.4. The lowest BCUT2D eigenvalue weighted by molar-refractivity contribution is -0.906. The topological polar surface area (TPSA) is 38.3 Å². The van der Waals surface area contributed by atoms with Crippen molar-refractivity contribution in [2.45, 2.75) is 25.5 Å². The third-order valence-corrected chi connectivity index (χ3v) is 5.47. The van der Waals surface area contributed by atoms with Gasteiger partial charge in [0.15, 0.2) is 0 Å². The second-order valence-corrected chi connectivity index (χ2v) is 8.51. The summed E-state index contributed by atoms with van der Waals surface area (Å²) in [6, 6.07) is 12.8. The van der Waals surface area contributed by atoms with E-state index < -0.39 is 0 Å². The summed E-state index contributed by atoms with van der Waals surface area (Å²) < 4.78 is 6.64. The Kier molecular flexibility index (Phi) is 8.58. The van der Waals surface area contributed by atoms with E-state index in [1.54, 1.807) is 18.2 Å². The van der Waals surface area contributed by atoms with Gasteiger partial charge in [0.1, 0.15) is 19.2 Å². The summed E-state index contributed by atoms with van der Waals surface area (Å²) in [7, 11) is 4.45. The fraction of sp³-hybridized carbons (Fsp3) is 0.381. The number of carbonyl (C=O) groups excluding carboxylic acids is 1. The quantitative estimate of drug-likeness (QED) is 0.455. The first-order valence-electron chi connectivity index (χ1n) is 9.11. The zero-order valence-corrected chi connectivity index (χ0v) is 19.7.